The third-order valence-electron chi connectivity index (χ3n) is 4.67. The molecule has 1 aliphatic rings. The Morgan fingerprint density at radius 3 is 2.35 bits per heavy atom. The number of hydrogen-bond acceptors (Lipinski definition) is 3. The van der Waals surface area contributed by atoms with Crippen molar-refractivity contribution in [3.63, 3.8) is 0 Å². The standard InChI is InChI=1S/C21H22N2O3/c1-15(24)17-9-11-19(12-10-17)23(16(2)25)14-21(26)22-13-5-7-18-6-3-4-8-20(18)22/h3-4,6,8-12H,5,7,13-14H2,1-2H3. The van der Waals surface area contributed by atoms with Gasteiger partial charge in [0.25, 0.3) is 0 Å². The number of ketones is 1. The SMILES string of the molecule is CC(=O)c1ccc(N(CC(=O)N2CCCc3ccccc32)C(C)=O)cc1. The molecule has 1 aliphatic heterocycles. The van der Waals surface area contributed by atoms with Crippen LogP contribution in [0.25, 0.3) is 0 Å². The fourth-order valence-corrected chi connectivity index (χ4v) is 3.27. The van der Waals surface area contributed by atoms with Crippen LogP contribution in [0.2, 0.25) is 0 Å². The molecule has 0 atom stereocenters. The van der Waals surface area contributed by atoms with Gasteiger partial charge >= 0.3 is 0 Å². The van der Waals surface area contributed by atoms with Crippen molar-refractivity contribution >= 4 is 29.0 Å². The molecule has 0 bridgehead atoms. The average Bonchev–Trinajstić information content (AvgIpc) is 2.65. The summed E-state index contributed by atoms with van der Waals surface area (Å²) in [6.07, 6.45) is 1.87. The maximum absolute atomic E-state index is 12.9. The number of nitrogens with zero attached hydrogens (tertiary/aromatic N) is 2. The molecule has 5 nitrogen and oxygen atoms in total. The first-order valence-electron chi connectivity index (χ1n) is 8.75. The minimum atomic E-state index is -0.209. The molecule has 0 aliphatic carbocycles. The van der Waals surface area contributed by atoms with Crippen LogP contribution < -0.4 is 9.80 Å². The summed E-state index contributed by atoms with van der Waals surface area (Å²) in [5.74, 6) is -0.353. The average molecular weight is 350 g/mol. The fraction of sp³-hybridized carbons (Fsp3) is 0.286. The molecular weight excluding hydrogens is 328 g/mol. The molecule has 1 heterocycles. The van der Waals surface area contributed by atoms with Crippen molar-refractivity contribution in [1.29, 1.82) is 0 Å². The Hall–Kier alpha value is -2.95. The molecule has 0 radical (unpaired) electrons. The molecule has 5 heteroatoms. The highest BCUT2D eigenvalue weighted by Crippen LogP contribution is 2.27. The van der Waals surface area contributed by atoms with Gasteiger partial charge in [-0.1, -0.05) is 18.2 Å². The van der Waals surface area contributed by atoms with Gasteiger partial charge in [0.2, 0.25) is 11.8 Å². The first-order chi connectivity index (χ1) is 12.5. The molecule has 0 unspecified atom stereocenters. The molecule has 2 amide bonds. The monoisotopic (exact) mass is 350 g/mol. The van der Waals surface area contributed by atoms with Gasteiger partial charge in [-0.3, -0.25) is 14.4 Å². The Bertz CT molecular complexity index is 843. The van der Waals surface area contributed by atoms with E-state index in [2.05, 4.69) is 0 Å². The molecule has 0 saturated carbocycles. The fourth-order valence-electron chi connectivity index (χ4n) is 3.27. The predicted molar refractivity (Wildman–Crippen MR) is 102 cm³/mol. The zero-order valence-corrected chi connectivity index (χ0v) is 15.1. The van der Waals surface area contributed by atoms with Crippen molar-refractivity contribution in [2.75, 3.05) is 22.9 Å². The number of hydrogen-bond donors (Lipinski definition) is 0. The third kappa shape index (κ3) is 3.67. The molecule has 26 heavy (non-hydrogen) atoms. The number of aryl methyl sites for hydroxylation is 1. The van der Waals surface area contributed by atoms with Crippen LogP contribution in [0.15, 0.2) is 48.5 Å². The van der Waals surface area contributed by atoms with Crippen LogP contribution in [0, 0.1) is 0 Å². The van der Waals surface area contributed by atoms with Crippen LogP contribution in [-0.2, 0) is 16.0 Å². The van der Waals surface area contributed by atoms with Crippen LogP contribution in [0.4, 0.5) is 11.4 Å². The topological polar surface area (TPSA) is 57.7 Å². The summed E-state index contributed by atoms with van der Waals surface area (Å²) in [6.45, 7) is 3.57. The number of Topliss-reactive ketones (excluding diaryl/α,β-unsaturated/α-hetero) is 1. The molecule has 3 rings (SSSR count). The van der Waals surface area contributed by atoms with E-state index in [1.54, 1.807) is 29.2 Å². The van der Waals surface area contributed by atoms with Crippen LogP contribution in [0.1, 0.15) is 36.2 Å². The van der Waals surface area contributed by atoms with E-state index in [1.165, 1.54) is 18.7 Å². The summed E-state index contributed by atoms with van der Waals surface area (Å²) in [6, 6.07) is 14.6. The van der Waals surface area contributed by atoms with E-state index in [1.807, 2.05) is 24.3 Å². The number of carbonyl (C=O) groups excluding carboxylic acids is 3. The minimum Gasteiger partial charge on any atom is -0.311 e. The zero-order chi connectivity index (χ0) is 18.7. The van der Waals surface area contributed by atoms with Gasteiger partial charge in [0.1, 0.15) is 6.54 Å². The van der Waals surface area contributed by atoms with Gasteiger partial charge in [-0.2, -0.15) is 0 Å². The Labute approximate surface area is 153 Å². The van der Waals surface area contributed by atoms with Gasteiger partial charge in [-0.15, -0.1) is 0 Å². The first-order valence-corrected chi connectivity index (χ1v) is 8.75. The second-order valence-electron chi connectivity index (χ2n) is 6.49. The van der Waals surface area contributed by atoms with Gasteiger partial charge in [-0.05, 0) is 55.7 Å². The Kier molecular flexibility index (Phi) is 5.16. The zero-order valence-electron chi connectivity index (χ0n) is 15.1. The quantitative estimate of drug-likeness (QED) is 0.796. The Morgan fingerprint density at radius 1 is 1.00 bits per heavy atom. The minimum absolute atomic E-state index is 0.0247. The normalized spacial score (nSPS) is 13.1. The predicted octanol–water partition coefficient (Wildman–Crippen LogP) is 3.22. The van der Waals surface area contributed by atoms with Gasteiger partial charge in [0, 0.05) is 30.4 Å². The van der Waals surface area contributed by atoms with E-state index < -0.39 is 0 Å². The number of benzene rings is 2. The molecule has 2 aromatic rings. The van der Waals surface area contributed by atoms with E-state index in [4.69, 9.17) is 0 Å². The summed E-state index contributed by atoms with van der Waals surface area (Å²) in [7, 11) is 0. The molecule has 0 N–H and O–H groups in total. The number of para-hydroxylation sites is 1. The van der Waals surface area contributed by atoms with E-state index in [9.17, 15) is 14.4 Å². The number of rotatable bonds is 4. The van der Waals surface area contributed by atoms with E-state index in [0.29, 0.717) is 17.8 Å². The summed E-state index contributed by atoms with van der Waals surface area (Å²) < 4.78 is 0. The lowest BCUT2D eigenvalue weighted by Gasteiger charge is -2.31. The number of amides is 2. The smallest absolute Gasteiger partial charge is 0.247 e. The highest BCUT2D eigenvalue weighted by molar-refractivity contribution is 6.03. The van der Waals surface area contributed by atoms with Gasteiger partial charge in [-0.25, -0.2) is 0 Å². The number of anilines is 2. The molecule has 0 spiro atoms. The second kappa shape index (κ2) is 7.52. The molecule has 2 aromatic carbocycles. The molecule has 0 aromatic heterocycles. The van der Waals surface area contributed by atoms with Crippen molar-refractivity contribution in [2.45, 2.75) is 26.7 Å². The van der Waals surface area contributed by atoms with Gasteiger partial charge < -0.3 is 9.80 Å². The maximum Gasteiger partial charge on any atom is 0.247 e. The summed E-state index contributed by atoms with van der Waals surface area (Å²) in [5, 5.41) is 0. The van der Waals surface area contributed by atoms with Crippen LogP contribution >= 0.6 is 0 Å². The number of fused-ring (bicyclic) bond motifs is 1. The van der Waals surface area contributed by atoms with Crippen molar-refractivity contribution in [3.05, 3.63) is 59.7 Å². The molecular formula is C21H22N2O3. The van der Waals surface area contributed by atoms with E-state index in [0.717, 1.165) is 24.1 Å². The molecule has 0 saturated heterocycles. The van der Waals surface area contributed by atoms with Crippen molar-refractivity contribution in [1.82, 2.24) is 0 Å². The van der Waals surface area contributed by atoms with Crippen LogP contribution in [0.3, 0.4) is 0 Å². The maximum atomic E-state index is 12.9. The Morgan fingerprint density at radius 2 is 1.69 bits per heavy atom. The summed E-state index contributed by atoms with van der Waals surface area (Å²) in [5.41, 5.74) is 3.28. The lowest BCUT2D eigenvalue weighted by Crippen LogP contribution is -2.44. The third-order valence-corrected chi connectivity index (χ3v) is 4.67. The van der Waals surface area contributed by atoms with E-state index in [-0.39, 0.29) is 24.1 Å². The molecule has 134 valence electrons. The van der Waals surface area contributed by atoms with Crippen LogP contribution in [0.5, 0.6) is 0 Å². The van der Waals surface area contributed by atoms with Crippen molar-refractivity contribution in [2.24, 2.45) is 0 Å². The lowest BCUT2D eigenvalue weighted by atomic mass is 10.0. The second-order valence-corrected chi connectivity index (χ2v) is 6.49. The lowest BCUT2D eigenvalue weighted by molar-refractivity contribution is -0.121. The van der Waals surface area contributed by atoms with Crippen molar-refractivity contribution in [3.8, 4) is 0 Å². The summed E-state index contributed by atoms with van der Waals surface area (Å²) >= 11 is 0. The molecule has 0 fully saturated rings. The highest BCUT2D eigenvalue weighted by atomic mass is 16.2. The Balaban J connectivity index is 1.82. The first kappa shape index (κ1) is 17.9. The van der Waals surface area contributed by atoms with E-state index >= 15 is 0 Å². The van der Waals surface area contributed by atoms with Crippen molar-refractivity contribution < 1.29 is 14.4 Å². The number of carbonyl (C=O) groups is 3. The largest absolute Gasteiger partial charge is 0.311 e. The van der Waals surface area contributed by atoms with Gasteiger partial charge in [0.15, 0.2) is 5.78 Å². The summed E-state index contributed by atoms with van der Waals surface area (Å²) in [4.78, 5) is 39.6. The van der Waals surface area contributed by atoms with Gasteiger partial charge in [0.05, 0.1) is 0 Å². The van der Waals surface area contributed by atoms with Crippen LogP contribution in [-0.4, -0.2) is 30.7 Å². The highest BCUT2D eigenvalue weighted by Gasteiger charge is 2.25.